The summed E-state index contributed by atoms with van der Waals surface area (Å²) < 4.78 is 18.5. The Morgan fingerprint density at radius 3 is 3.00 bits per heavy atom. The second-order valence-electron chi connectivity index (χ2n) is 3.50. The summed E-state index contributed by atoms with van der Waals surface area (Å²) in [6.07, 6.45) is 0.837. The molecular weight excluding hydrogens is 193 g/mol. The Hall–Kier alpha value is -1.35. The normalized spacial score (nSPS) is 11.1. The van der Waals surface area contributed by atoms with Gasteiger partial charge >= 0.3 is 0 Å². The molecule has 0 aliphatic rings. The van der Waals surface area contributed by atoms with Gasteiger partial charge in [0.05, 0.1) is 0 Å². The number of furan rings is 1. The molecule has 0 unspecified atom stereocenters. The minimum atomic E-state index is -0.221. The minimum absolute atomic E-state index is 0.221. The van der Waals surface area contributed by atoms with Gasteiger partial charge in [0.15, 0.2) is 0 Å². The highest BCUT2D eigenvalue weighted by atomic mass is 19.1. The van der Waals surface area contributed by atoms with Crippen molar-refractivity contribution in [1.82, 2.24) is 5.32 Å². The standard InChI is InChI=1S/C12H14FNO/c1-2-14-6-5-11-8-9-7-10(13)3-4-12(9)15-11/h3-4,7-8,14H,2,5-6H2,1H3. The number of nitrogens with one attached hydrogen (secondary N) is 1. The first kappa shape index (κ1) is 10.2. The van der Waals surface area contributed by atoms with E-state index in [1.54, 1.807) is 6.07 Å². The van der Waals surface area contributed by atoms with Crippen LogP contribution in [0, 0.1) is 5.82 Å². The van der Waals surface area contributed by atoms with Crippen molar-refractivity contribution >= 4 is 11.0 Å². The van der Waals surface area contributed by atoms with Crippen LogP contribution in [0.3, 0.4) is 0 Å². The number of likely N-dealkylation sites (N-methyl/N-ethyl adjacent to an activating group) is 1. The summed E-state index contributed by atoms with van der Waals surface area (Å²) >= 11 is 0. The van der Waals surface area contributed by atoms with Gasteiger partial charge in [-0.3, -0.25) is 0 Å². The van der Waals surface area contributed by atoms with Gasteiger partial charge in [-0.15, -0.1) is 0 Å². The summed E-state index contributed by atoms with van der Waals surface area (Å²) in [6, 6.07) is 6.48. The van der Waals surface area contributed by atoms with E-state index >= 15 is 0 Å². The van der Waals surface area contributed by atoms with Crippen molar-refractivity contribution in [2.24, 2.45) is 0 Å². The molecule has 1 N–H and O–H groups in total. The molecule has 1 heterocycles. The van der Waals surface area contributed by atoms with Crippen molar-refractivity contribution in [3.63, 3.8) is 0 Å². The first-order chi connectivity index (χ1) is 7.29. The molecule has 0 atom stereocenters. The lowest BCUT2D eigenvalue weighted by atomic mass is 10.2. The molecule has 3 heteroatoms. The van der Waals surface area contributed by atoms with Crippen LogP contribution in [-0.2, 0) is 6.42 Å². The van der Waals surface area contributed by atoms with Gasteiger partial charge < -0.3 is 9.73 Å². The van der Waals surface area contributed by atoms with Crippen molar-refractivity contribution in [2.45, 2.75) is 13.3 Å². The fourth-order valence-corrected chi connectivity index (χ4v) is 1.58. The molecule has 2 rings (SSSR count). The van der Waals surface area contributed by atoms with Crippen LogP contribution in [0.5, 0.6) is 0 Å². The first-order valence-corrected chi connectivity index (χ1v) is 5.18. The highest BCUT2D eigenvalue weighted by molar-refractivity contribution is 5.77. The van der Waals surface area contributed by atoms with E-state index in [2.05, 4.69) is 12.2 Å². The summed E-state index contributed by atoms with van der Waals surface area (Å²) in [5, 5.41) is 4.05. The van der Waals surface area contributed by atoms with Gasteiger partial charge in [-0.25, -0.2) is 4.39 Å². The highest BCUT2D eigenvalue weighted by Gasteiger charge is 2.03. The van der Waals surface area contributed by atoms with Gasteiger partial charge in [-0.1, -0.05) is 6.92 Å². The summed E-state index contributed by atoms with van der Waals surface area (Å²) in [7, 11) is 0. The molecule has 0 spiro atoms. The molecule has 2 aromatic rings. The highest BCUT2D eigenvalue weighted by Crippen LogP contribution is 2.20. The van der Waals surface area contributed by atoms with Crippen LogP contribution >= 0.6 is 0 Å². The van der Waals surface area contributed by atoms with Gasteiger partial charge in [0.1, 0.15) is 17.2 Å². The maximum Gasteiger partial charge on any atom is 0.134 e. The first-order valence-electron chi connectivity index (χ1n) is 5.18. The van der Waals surface area contributed by atoms with Crippen molar-refractivity contribution in [3.05, 3.63) is 35.8 Å². The molecule has 0 saturated heterocycles. The lowest BCUT2D eigenvalue weighted by Crippen LogP contribution is -2.15. The Morgan fingerprint density at radius 1 is 1.33 bits per heavy atom. The maximum absolute atomic E-state index is 12.9. The Balaban J connectivity index is 2.16. The van der Waals surface area contributed by atoms with E-state index in [-0.39, 0.29) is 5.82 Å². The molecule has 80 valence electrons. The zero-order chi connectivity index (χ0) is 10.7. The molecular formula is C12H14FNO. The van der Waals surface area contributed by atoms with Gasteiger partial charge in [-0.2, -0.15) is 0 Å². The van der Waals surface area contributed by atoms with Gasteiger partial charge in [-0.05, 0) is 30.8 Å². The van der Waals surface area contributed by atoms with Crippen molar-refractivity contribution in [3.8, 4) is 0 Å². The van der Waals surface area contributed by atoms with Crippen LogP contribution in [0.4, 0.5) is 4.39 Å². The fraction of sp³-hybridized carbons (Fsp3) is 0.333. The zero-order valence-corrected chi connectivity index (χ0v) is 8.72. The van der Waals surface area contributed by atoms with Crippen LogP contribution in [-0.4, -0.2) is 13.1 Å². The fourth-order valence-electron chi connectivity index (χ4n) is 1.58. The van der Waals surface area contributed by atoms with E-state index in [9.17, 15) is 4.39 Å². The largest absolute Gasteiger partial charge is 0.461 e. The van der Waals surface area contributed by atoms with E-state index in [4.69, 9.17) is 4.42 Å². The van der Waals surface area contributed by atoms with Crippen LogP contribution in [0.2, 0.25) is 0 Å². The van der Waals surface area contributed by atoms with E-state index in [0.717, 1.165) is 36.2 Å². The molecule has 0 bridgehead atoms. The lowest BCUT2D eigenvalue weighted by Gasteiger charge is -1.96. The van der Waals surface area contributed by atoms with Gasteiger partial charge in [0.2, 0.25) is 0 Å². The minimum Gasteiger partial charge on any atom is -0.461 e. The number of halogens is 1. The number of rotatable bonds is 4. The molecule has 0 fully saturated rings. The summed E-state index contributed by atoms with van der Waals surface area (Å²) in [6.45, 7) is 3.90. The van der Waals surface area contributed by atoms with E-state index in [1.807, 2.05) is 6.07 Å². The molecule has 0 amide bonds. The third-order valence-electron chi connectivity index (χ3n) is 2.33. The van der Waals surface area contributed by atoms with Crippen LogP contribution in [0.25, 0.3) is 11.0 Å². The van der Waals surface area contributed by atoms with Gasteiger partial charge in [0, 0.05) is 18.4 Å². The Labute approximate surface area is 88.1 Å². The van der Waals surface area contributed by atoms with Crippen LogP contribution in [0.1, 0.15) is 12.7 Å². The molecule has 15 heavy (non-hydrogen) atoms. The molecule has 0 aliphatic heterocycles. The number of hydrogen-bond acceptors (Lipinski definition) is 2. The molecule has 2 nitrogen and oxygen atoms in total. The van der Waals surface area contributed by atoms with E-state index in [1.165, 1.54) is 12.1 Å². The molecule has 0 saturated carbocycles. The van der Waals surface area contributed by atoms with Crippen molar-refractivity contribution in [2.75, 3.05) is 13.1 Å². The topological polar surface area (TPSA) is 25.2 Å². The number of fused-ring (bicyclic) bond motifs is 1. The molecule has 1 aromatic carbocycles. The second kappa shape index (κ2) is 4.45. The quantitative estimate of drug-likeness (QED) is 0.780. The second-order valence-corrected chi connectivity index (χ2v) is 3.50. The molecule has 0 radical (unpaired) electrons. The van der Waals surface area contributed by atoms with Gasteiger partial charge in [0.25, 0.3) is 0 Å². The summed E-state index contributed by atoms with van der Waals surface area (Å²) in [5.41, 5.74) is 0.753. The molecule has 0 aliphatic carbocycles. The number of hydrogen-bond donors (Lipinski definition) is 1. The average molecular weight is 207 g/mol. The lowest BCUT2D eigenvalue weighted by molar-refractivity contribution is 0.535. The summed E-state index contributed by atoms with van der Waals surface area (Å²) in [5.74, 6) is 0.679. The third kappa shape index (κ3) is 2.36. The Morgan fingerprint density at radius 2 is 2.20 bits per heavy atom. The van der Waals surface area contributed by atoms with Crippen molar-refractivity contribution < 1.29 is 8.81 Å². The number of benzene rings is 1. The van der Waals surface area contributed by atoms with Crippen LogP contribution in [0.15, 0.2) is 28.7 Å². The SMILES string of the molecule is CCNCCc1cc2cc(F)ccc2o1. The monoisotopic (exact) mass is 207 g/mol. The third-order valence-corrected chi connectivity index (χ3v) is 2.33. The van der Waals surface area contributed by atoms with Crippen molar-refractivity contribution in [1.29, 1.82) is 0 Å². The predicted octanol–water partition coefficient (Wildman–Crippen LogP) is 2.72. The average Bonchev–Trinajstić information content (AvgIpc) is 2.60. The summed E-state index contributed by atoms with van der Waals surface area (Å²) in [4.78, 5) is 0. The smallest absolute Gasteiger partial charge is 0.134 e. The van der Waals surface area contributed by atoms with Crippen LogP contribution < -0.4 is 5.32 Å². The predicted molar refractivity (Wildman–Crippen MR) is 58.4 cm³/mol. The maximum atomic E-state index is 12.9. The Kier molecular flexibility index (Phi) is 3.02. The molecule has 1 aromatic heterocycles. The van der Waals surface area contributed by atoms with E-state index < -0.39 is 0 Å². The van der Waals surface area contributed by atoms with E-state index in [0.29, 0.717) is 0 Å². The zero-order valence-electron chi connectivity index (χ0n) is 8.72. The Bertz CT molecular complexity index is 450.